The van der Waals surface area contributed by atoms with E-state index in [9.17, 15) is 0 Å². The lowest BCUT2D eigenvalue weighted by atomic mass is 10.2. The fourth-order valence-corrected chi connectivity index (χ4v) is 2.18. The summed E-state index contributed by atoms with van der Waals surface area (Å²) in [7, 11) is 0. The first kappa shape index (κ1) is 11.6. The van der Waals surface area contributed by atoms with Crippen molar-refractivity contribution in [2.75, 3.05) is 11.9 Å². The molecule has 1 aliphatic carbocycles. The predicted molar refractivity (Wildman–Crippen MR) is 71.7 cm³/mol. The summed E-state index contributed by atoms with van der Waals surface area (Å²) in [5.74, 6) is 0.972. The first-order valence-electron chi connectivity index (χ1n) is 5.80. The molecule has 0 atom stereocenters. The normalized spacial score (nSPS) is 15.0. The van der Waals surface area contributed by atoms with Gasteiger partial charge in [-0.25, -0.2) is 4.98 Å². The topological polar surface area (TPSA) is 24.9 Å². The van der Waals surface area contributed by atoms with Crippen LogP contribution in [0, 0.1) is 6.92 Å². The van der Waals surface area contributed by atoms with Gasteiger partial charge in [0.2, 0.25) is 0 Å². The average Bonchev–Trinajstić information content (AvgIpc) is 2.76. The molecular formula is C13H17BrN2. The lowest BCUT2D eigenvalue weighted by molar-refractivity contribution is 0.861. The van der Waals surface area contributed by atoms with Gasteiger partial charge in [0.05, 0.1) is 5.69 Å². The molecule has 1 N–H and O–H groups in total. The van der Waals surface area contributed by atoms with Gasteiger partial charge in [-0.1, -0.05) is 11.6 Å². The van der Waals surface area contributed by atoms with Gasteiger partial charge in [0.25, 0.3) is 0 Å². The lowest BCUT2D eigenvalue weighted by Crippen LogP contribution is -2.04. The fourth-order valence-electron chi connectivity index (χ4n) is 1.96. The molecule has 0 saturated heterocycles. The quantitative estimate of drug-likeness (QED) is 0.842. The Balaban J connectivity index is 1.82. The van der Waals surface area contributed by atoms with E-state index in [4.69, 9.17) is 0 Å². The largest absolute Gasteiger partial charge is 0.370 e. The fraction of sp³-hybridized carbons (Fsp3) is 0.462. The van der Waals surface area contributed by atoms with Crippen molar-refractivity contribution in [2.45, 2.75) is 32.6 Å². The number of nitrogens with one attached hydrogen (secondary N) is 1. The molecule has 0 aliphatic heterocycles. The van der Waals surface area contributed by atoms with Gasteiger partial charge in [-0.2, -0.15) is 0 Å². The van der Waals surface area contributed by atoms with Gasteiger partial charge in [-0.05, 0) is 60.7 Å². The summed E-state index contributed by atoms with van der Waals surface area (Å²) in [6.45, 7) is 2.99. The van der Waals surface area contributed by atoms with Crippen LogP contribution in [-0.2, 0) is 0 Å². The minimum atomic E-state index is 0.972. The number of nitrogens with zero attached hydrogens (tertiary/aromatic N) is 1. The number of anilines is 1. The van der Waals surface area contributed by atoms with Gasteiger partial charge in [0.1, 0.15) is 5.82 Å². The van der Waals surface area contributed by atoms with Crippen LogP contribution in [0.15, 0.2) is 28.3 Å². The third-order valence-corrected chi connectivity index (χ3v) is 3.75. The molecule has 0 fully saturated rings. The zero-order valence-corrected chi connectivity index (χ0v) is 11.2. The van der Waals surface area contributed by atoms with Crippen LogP contribution in [0.1, 0.15) is 31.4 Å². The highest BCUT2D eigenvalue weighted by Gasteiger charge is 2.04. The maximum absolute atomic E-state index is 4.46. The molecule has 16 heavy (non-hydrogen) atoms. The average molecular weight is 281 g/mol. The Morgan fingerprint density at radius 3 is 3.00 bits per heavy atom. The van der Waals surface area contributed by atoms with Crippen molar-refractivity contribution in [3.63, 3.8) is 0 Å². The van der Waals surface area contributed by atoms with Crippen LogP contribution in [0.2, 0.25) is 0 Å². The number of pyridine rings is 1. The number of halogens is 1. The van der Waals surface area contributed by atoms with E-state index < -0.39 is 0 Å². The van der Waals surface area contributed by atoms with E-state index in [0.717, 1.165) is 29.0 Å². The molecule has 0 bridgehead atoms. The number of hydrogen-bond donors (Lipinski definition) is 1. The molecule has 0 unspecified atom stereocenters. The minimum Gasteiger partial charge on any atom is -0.370 e. The Bertz CT molecular complexity index is 399. The Labute approximate surface area is 105 Å². The summed E-state index contributed by atoms with van der Waals surface area (Å²) < 4.78 is 1.07. The van der Waals surface area contributed by atoms with Gasteiger partial charge in [-0.15, -0.1) is 0 Å². The Morgan fingerprint density at radius 1 is 1.44 bits per heavy atom. The first-order valence-corrected chi connectivity index (χ1v) is 6.60. The summed E-state index contributed by atoms with van der Waals surface area (Å²) in [5.41, 5.74) is 2.63. The predicted octanol–water partition coefficient (Wildman–Crippen LogP) is 4.06. The minimum absolute atomic E-state index is 0.972. The standard InChI is InChI=1S/C13H17BrN2/c1-10-12(14)6-7-13(16-10)15-9-8-11-4-2-3-5-11/h4,6-7H,2-3,5,8-9H2,1H3,(H,15,16). The maximum Gasteiger partial charge on any atom is 0.126 e. The SMILES string of the molecule is Cc1nc(NCCC2=CCCC2)ccc1Br. The number of hydrogen-bond acceptors (Lipinski definition) is 2. The number of aromatic nitrogens is 1. The molecule has 1 aromatic rings. The molecule has 1 heterocycles. The number of aryl methyl sites for hydroxylation is 1. The van der Waals surface area contributed by atoms with Crippen LogP contribution in [0.4, 0.5) is 5.82 Å². The molecule has 2 rings (SSSR count). The molecule has 0 amide bonds. The van der Waals surface area contributed by atoms with Crippen molar-refractivity contribution in [1.29, 1.82) is 0 Å². The second kappa shape index (κ2) is 5.48. The van der Waals surface area contributed by atoms with Crippen LogP contribution in [0.3, 0.4) is 0 Å². The summed E-state index contributed by atoms with van der Waals surface area (Å²) in [6, 6.07) is 4.06. The van der Waals surface area contributed by atoms with Crippen molar-refractivity contribution in [3.8, 4) is 0 Å². The Morgan fingerprint density at radius 2 is 2.31 bits per heavy atom. The molecule has 1 aromatic heterocycles. The molecule has 3 heteroatoms. The number of allylic oxidation sites excluding steroid dienone is 1. The van der Waals surface area contributed by atoms with Gasteiger partial charge in [0.15, 0.2) is 0 Å². The van der Waals surface area contributed by atoms with Crippen LogP contribution < -0.4 is 5.32 Å². The number of rotatable bonds is 4. The monoisotopic (exact) mass is 280 g/mol. The molecule has 0 aromatic carbocycles. The molecule has 0 radical (unpaired) electrons. The van der Waals surface area contributed by atoms with E-state index in [2.05, 4.69) is 32.3 Å². The van der Waals surface area contributed by atoms with Gasteiger partial charge < -0.3 is 5.32 Å². The second-order valence-electron chi connectivity index (χ2n) is 4.20. The van der Waals surface area contributed by atoms with E-state index in [1.807, 2.05) is 19.1 Å². The first-order chi connectivity index (χ1) is 7.75. The summed E-state index contributed by atoms with van der Waals surface area (Å²) >= 11 is 3.45. The van der Waals surface area contributed by atoms with Crippen molar-refractivity contribution in [3.05, 3.63) is 33.9 Å². The highest BCUT2D eigenvalue weighted by atomic mass is 79.9. The molecule has 0 saturated carbocycles. The van der Waals surface area contributed by atoms with Crippen LogP contribution in [-0.4, -0.2) is 11.5 Å². The lowest BCUT2D eigenvalue weighted by Gasteiger charge is -2.07. The highest BCUT2D eigenvalue weighted by Crippen LogP contribution is 2.21. The van der Waals surface area contributed by atoms with Crippen molar-refractivity contribution in [1.82, 2.24) is 4.98 Å². The van der Waals surface area contributed by atoms with Crippen LogP contribution in [0.5, 0.6) is 0 Å². The molecule has 86 valence electrons. The Kier molecular flexibility index (Phi) is 3.99. The van der Waals surface area contributed by atoms with E-state index in [-0.39, 0.29) is 0 Å². The van der Waals surface area contributed by atoms with E-state index >= 15 is 0 Å². The summed E-state index contributed by atoms with van der Waals surface area (Å²) in [6.07, 6.45) is 7.42. The van der Waals surface area contributed by atoms with Crippen LogP contribution >= 0.6 is 15.9 Å². The van der Waals surface area contributed by atoms with Gasteiger partial charge >= 0.3 is 0 Å². The van der Waals surface area contributed by atoms with E-state index in [1.54, 1.807) is 5.57 Å². The summed E-state index contributed by atoms with van der Waals surface area (Å²) in [5, 5.41) is 3.37. The van der Waals surface area contributed by atoms with E-state index in [0.29, 0.717) is 0 Å². The molecule has 1 aliphatic rings. The van der Waals surface area contributed by atoms with Gasteiger partial charge in [0, 0.05) is 11.0 Å². The third-order valence-electron chi connectivity index (χ3n) is 2.91. The Hall–Kier alpha value is -0.830. The highest BCUT2D eigenvalue weighted by molar-refractivity contribution is 9.10. The van der Waals surface area contributed by atoms with Crippen LogP contribution in [0.25, 0.3) is 0 Å². The van der Waals surface area contributed by atoms with E-state index in [1.165, 1.54) is 19.3 Å². The molecule has 0 spiro atoms. The van der Waals surface area contributed by atoms with Crippen molar-refractivity contribution < 1.29 is 0 Å². The smallest absolute Gasteiger partial charge is 0.126 e. The molecule has 2 nitrogen and oxygen atoms in total. The third kappa shape index (κ3) is 3.08. The summed E-state index contributed by atoms with van der Waals surface area (Å²) in [4.78, 5) is 4.46. The molecular weight excluding hydrogens is 264 g/mol. The second-order valence-corrected chi connectivity index (χ2v) is 5.05. The maximum atomic E-state index is 4.46. The van der Waals surface area contributed by atoms with Crippen molar-refractivity contribution in [2.24, 2.45) is 0 Å². The van der Waals surface area contributed by atoms with Gasteiger partial charge in [-0.3, -0.25) is 0 Å². The zero-order valence-electron chi connectivity index (χ0n) is 9.59. The van der Waals surface area contributed by atoms with Crippen molar-refractivity contribution >= 4 is 21.7 Å². The zero-order chi connectivity index (χ0) is 11.4.